The molecule has 0 aromatic heterocycles. The monoisotopic (exact) mass is 1320 g/mol. The minimum Gasteiger partial charge on any atom is -0.381 e. The lowest BCUT2D eigenvalue weighted by Crippen LogP contribution is -2.25. The summed E-state index contributed by atoms with van der Waals surface area (Å²) in [6.07, 6.45) is 23.6. The Labute approximate surface area is 578 Å². The van der Waals surface area contributed by atoms with E-state index in [4.69, 9.17) is 33.2 Å². The van der Waals surface area contributed by atoms with Crippen LogP contribution in [-0.2, 0) is 33.2 Å². The Morgan fingerprint density at radius 2 is 0.455 bits per heavy atom. The van der Waals surface area contributed by atoms with Crippen molar-refractivity contribution in [2.45, 2.75) is 372 Å². The summed E-state index contributed by atoms with van der Waals surface area (Å²) >= 11 is 4.17. The maximum Gasteiger partial charge on any atom is 0.146 e. The second kappa shape index (κ2) is 213. The Bertz CT molecular complexity index is 548. The first-order valence-corrected chi connectivity index (χ1v) is 40.6. The summed E-state index contributed by atoms with van der Waals surface area (Å²) < 4.78 is 34.6. The fourth-order valence-corrected chi connectivity index (χ4v) is 7.55. The van der Waals surface area contributed by atoms with E-state index in [1.54, 1.807) is 0 Å². The van der Waals surface area contributed by atoms with Gasteiger partial charge in [-0.1, -0.05) is 263 Å². The van der Waals surface area contributed by atoms with Crippen molar-refractivity contribution in [1.82, 2.24) is 9.80 Å². The van der Waals surface area contributed by atoms with Crippen molar-refractivity contribution in [3.05, 3.63) is 0 Å². The molecule has 9 rings (SSSR count). The highest BCUT2D eigenvalue weighted by atomic mass is 32.2. The van der Waals surface area contributed by atoms with Crippen LogP contribution in [0.3, 0.4) is 0 Å². The normalized spacial score (nSPS) is 16.3. The molecule has 0 radical (unpaired) electrons. The van der Waals surface area contributed by atoms with Gasteiger partial charge in [-0.2, -0.15) is 23.5 Å². The molecule has 0 aliphatic carbocycles. The van der Waals surface area contributed by atoms with E-state index in [0.717, 1.165) is 79.1 Å². The van der Waals surface area contributed by atoms with Crippen LogP contribution < -0.4 is 0 Å². The number of hydrogen-bond acceptors (Lipinski definition) is 11. The van der Waals surface area contributed by atoms with Crippen molar-refractivity contribution in [3.8, 4) is 0 Å². The highest BCUT2D eigenvalue weighted by Gasteiger charge is 2.06. The zero-order valence-electron chi connectivity index (χ0n) is 68.3. The fourth-order valence-electron chi connectivity index (χ4n) is 5.51. The van der Waals surface area contributed by atoms with Crippen molar-refractivity contribution < 1.29 is 33.2 Å². The predicted octanol–water partition coefficient (Wildman–Crippen LogP) is 27.1. The minimum absolute atomic E-state index is 0. The largest absolute Gasteiger partial charge is 0.381 e. The molecule has 9 aliphatic rings. The van der Waals surface area contributed by atoms with Crippen LogP contribution in [0.25, 0.3) is 0 Å². The van der Waals surface area contributed by atoms with Crippen LogP contribution in [0.4, 0.5) is 0 Å². The van der Waals surface area contributed by atoms with E-state index in [9.17, 15) is 0 Å². The first kappa shape index (κ1) is 140. The average molecular weight is 1320 g/mol. The first-order valence-electron chi connectivity index (χ1n) is 38.3. The van der Waals surface area contributed by atoms with Crippen molar-refractivity contribution in [1.29, 1.82) is 0 Å². The van der Waals surface area contributed by atoms with Gasteiger partial charge in [-0.25, -0.2) is 0 Å². The number of hydrogen-bond donors (Lipinski definition) is 0. The predicted molar refractivity (Wildman–Crippen MR) is 430 cm³/mol. The molecule has 9 heterocycles. The third kappa shape index (κ3) is 205. The second-order valence-electron chi connectivity index (χ2n) is 14.4. The molecule has 0 N–H and O–H groups in total. The van der Waals surface area contributed by atoms with Crippen molar-refractivity contribution >= 4 is 23.5 Å². The Morgan fingerprint density at radius 3 is 0.557 bits per heavy atom. The quantitative estimate of drug-likeness (QED) is 0.233. The second-order valence-corrected chi connectivity index (χ2v) is 16.8. The number of thioether (sulfide) groups is 2. The maximum absolute atomic E-state index is 5.15. The molecular formula is C77H194N2O7S2. The Kier molecular flexibility index (Phi) is 339. The number of likely N-dealkylation sites (tertiary alicyclic amines) is 2. The number of ether oxygens (including phenoxy) is 7. The van der Waals surface area contributed by atoms with Gasteiger partial charge in [0.2, 0.25) is 0 Å². The summed E-state index contributed by atoms with van der Waals surface area (Å²) in [4.78, 5) is 4.75. The molecule has 9 saturated heterocycles. The van der Waals surface area contributed by atoms with Crippen LogP contribution in [0.2, 0.25) is 0 Å². The van der Waals surface area contributed by atoms with Crippen molar-refractivity contribution in [2.24, 2.45) is 0 Å². The first-order chi connectivity index (χ1) is 42.7. The Morgan fingerprint density at radius 1 is 0.239 bits per heavy atom. The van der Waals surface area contributed by atoms with E-state index in [0.29, 0.717) is 12.9 Å². The lowest BCUT2D eigenvalue weighted by atomic mass is 10.1. The zero-order valence-corrected chi connectivity index (χ0v) is 69.9. The molecule has 1 atom stereocenters. The van der Waals surface area contributed by atoms with Crippen LogP contribution in [0, 0.1) is 0 Å². The highest BCUT2D eigenvalue weighted by molar-refractivity contribution is 7.99. The molecule has 0 bridgehead atoms. The Hall–Kier alpha value is 0.340. The summed E-state index contributed by atoms with van der Waals surface area (Å²) in [6, 6.07) is 0. The number of rotatable bonds is 0. The highest BCUT2D eigenvalue weighted by Crippen LogP contribution is 2.15. The molecule has 0 aromatic rings. The lowest BCUT2D eigenvalue weighted by Gasteiger charge is -2.20. The van der Waals surface area contributed by atoms with Gasteiger partial charge < -0.3 is 43.0 Å². The molecule has 0 saturated carbocycles. The summed E-state index contributed by atoms with van der Waals surface area (Å²) in [7, 11) is 4.37. The van der Waals surface area contributed by atoms with Crippen LogP contribution in [0.15, 0.2) is 0 Å². The van der Waals surface area contributed by atoms with Gasteiger partial charge in [0, 0.05) is 39.6 Å². The van der Waals surface area contributed by atoms with Gasteiger partial charge in [0.1, 0.15) is 6.79 Å². The van der Waals surface area contributed by atoms with Gasteiger partial charge in [-0.3, -0.25) is 0 Å². The molecule has 566 valence electrons. The maximum atomic E-state index is 5.15. The van der Waals surface area contributed by atoms with Crippen LogP contribution in [0.5, 0.6) is 0 Å². The Balaban J connectivity index is -0.0000000337. The molecule has 9 aliphatic heterocycles. The molecule has 9 nitrogen and oxygen atoms in total. The van der Waals surface area contributed by atoms with Gasteiger partial charge in [-0.05, 0) is 167 Å². The molecular weight excluding hydrogens is 1130 g/mol. The molecule has 11 heteroatoms. The summed E-state index contributed by atoms with van der Waals surface area (Å²) in [5.74, 6) is 5.67. The minimum atomic E-state index is 0. The molecule has 0 amide bonds. The van der Waals surface area contributed by atoms with Gasteiger partial charge >= 0.3 is 0 Å². The van der Waals surface area contributed by atoms with E-state index in [1.165, 1.54) is 152 Å². The zero-order chi connectivity index (χ0) is 71.3. The van der Waals surface area contributed by atoms with E-state index >= 15 is 0 Å². The van der Waals surface area contributed by atoms with Crippen LogP contribution >= 0.6 is 23.5 Å². The van der Waals surface area contributed by atoms with Gasteiger partial charge in [0.05, 0.1) is 39.1 Å². The third-order valence-electron chi connectivity index (χ3n) is 9.02. The molecule has 0 aromatic carbocycles. The summed E-state index contributed by atoms with van der Waals surface area (Å²) in [5.41, 5.74) is 0. The van der Waals surface area contributed by atoms with Crippen LogP contribution in [0.1, 0.15) is 366 Å². The van der Waals surface area contributed by atoms with E-state index in [1.807, 2.05) is 242 Å². The molecule has 1 unspecified atom stereocenters. The lowest BCUT2D eigenvalue weighted by molar-refractivity contribution is -0.0963. The fraction of sp³-hybridized carbons (Fsp3) is 1.00. The smallest absolute Gasteiger partial charge is 0.146 e. The van der Waals surface area contributed by atoms with Crippen molar-refractivity contribution in [2.75, 3.05) is 143 Å². The molecule has 0 spiro atoms. The van der Waals surface area contributed by atoms with E-state index in [2.05, 4.69) is 47.4 Å². The average Bonchev–Trinajstić information content (AvgIpc) is 4.53. The third-order valence-corrected chi connectivity index (χ3v) is 11.3. The molecule has 9 fully saturated rings. The summed E-state index contributed by atoms with van der Waals surface area (Å²) in [5, 5.41) is 0. The van der Waals surface area contributed by atoms with Crippen LogP contribution in [-0.4, -0.2) is 159 Å². The van der Waals surface area contributed by atoms with Gasteiger partial charge in [0.25, 0.3) is 0 Å². The number of piperidine rings is 1. The van der Waals surface area contributed by atoms with E-state index < -0.39 is 0 Å². The van der Waals surface area contributed by atoms with Crippen molar-refractivity contribution in [3.63, 3.8) is 0 Å². The topological polar surface area (TPSA) is 71.1 Å². The number of nitrogens with zero attached hydrogens (tertiary/aromatic N) is 2. The SMILES string of the molecule is C.C.C1CCOC1.C1CCOCC1.C1CCSC1.C1CCSCC1.C1COC1.C1COCOC1.CC.CC.CC.CC.CC.CC.CC.CC.CC.CC.CC.CC.CC.CC.CC.CC.CC.CC1COCCO1.CN1CCCC1.CN1CCCCC1. The molecule has 88 heavy (non-hydrogen) atoms. The summed E-state index contributed by atoms with van der Waals surface area (Å²) in [6.45, 7) is 85.8. The van der Waals surface area contributed by atoms with E-state index in [-0.39, 0.29) is 14.9 Å². The van der Waals surface area contributed by atoms with Gasteiger partial charge in [0.15, 0.2) is 0 Å². The van der Waals surface area contributed by atoms with Gasteiger partial charge in [-0.15, -0.1) is 0 Å². The standard InChI is InChI=1S/C6H13N.C5H11N.C5H10O2.C5H10O.C5H10S.C4H8O2.C4H8O.C4H8S.C3H6O.17C2H6.2CH4/c1-7-5-3-2-4-6-7;1-6-4-2-3-5-6;1-5-4-6-2-3-7-5;2*1-2-4-6-5-3-1;1-2-5-4-6-3-1;2*1-2-4-5-3-1;1-2-4-3-1;17*1-2;;/h2-6H2,1H3;2-5H2,1H3;5H,2-4H2,1H3;2*1-5H2;1-4H2;2*1-4H2;1-3H2;17*1-2H3;2*1H4.